The van der Waals surface area contributed by atoms with E-state index >= 15 is 0 Å². The molecule has 4 heterocycles. The van der Waals surface area contributed by atoms with E-state index in [1.54, 1.807) is 0 Å². The first-order valence-electron chi connectivity index (χ1n) is 14.5. The third-order valence-corrected chi connectivity index (χ3v) is 9.02. The standard InChI is InChI=1S/C32H43NO6/c1-19(2)12-13-26(35)24-16-22(15-21-9-6-5-7-10-21)17-25-28-20(3)29(38-27(28)11-8-14-33(24)25)31-30(37-4)23(18-34)32(36)39-31/h5-7,9-11,19-20,22,24-26,28,34-35H,8,12-18H2,1-4H3/b31-29+/t20-,22+,24-,25-,26-,28+/m0/s1. The number of carbonyl (C=O) groups is 1. The van der Waals surface area contributed by atoms with Gasteiger partial charge in [-0.3, -0.25) is 4.90 Å². The lowest BCUT2D eigenvalue weighted by Gasteiger charge is -2.49. The van der Waals surface area contributed by atoms with Crippen molar-refractivity contribution in [2.24, 2.45) is 23.7 Å². The average molecular weight is 538 g/mol. The number of fused-ring (bicyclic) bond motifs is 3. The van der Waals surface area contributed by atoms with Gasteiger partial charge >= 0.3 is 5.97 Å². The highest BCUT2D eigenvalue weighted by Gasteiger charge is 2.51. The minimum Gasteiger partial charge on any atom is -0.492 e. The van der Waals surface area contributed by atoms with Gasteiger partial charge in [0.1, 0.15) is 11.3 Å². The average Bonchev–Trinajstić information content (AvgIpc) is 3.35. The SMILES string of the molecule is COC1=C(CO)C(=O)O/C1=C1/OC2=CCCN3[C@@H](C[C@H](Cc4ccccc4)C[C@H]3[C@@H](O)CCC(C)C)[C@H]2[C@@H]1C. The summed E-state index contributed by atoms with van der Waals surface area (Å²) in [5.41, 5.74) is 1.45. The number of carbonyl (C=O) groups excluding carboxylic acids is 1. The summed E-state index contributed by atoms with van der Waals surface area (Å²) in [5, 5.41) is 21.2. The van der Waals surface area contributed by atoms with E-state index < -0.39 is 12.6 Å². The van der Waals surface area contributed by atoms with E-state index in [4.69, 9.17) is 14.2 Å². The largest absolute Gasteiger partial charge is 0.492 e. The van der Waals surface area contributed by atoms with Crippen LogP contribution in [-0.4, -0.2) is 59.5 Å². The van der Waals surface area contributed by atoms with E-state index in [0.29, 0.717) is 17.6 Å². The van der Waals surface area contributed by atoms with Gasteiger partial charge < -0.3 is 24.4 Å². The molecule has 7 heteroatoms. The molecule has 4 aliphatic rings. The number of esters is 1. The van der Waals surface area contributed by atoms with Crippen LogP contribution in [0.4, 0.5) is 0 Å². The normalized spacial score (nSPS) is 31.8. The maximum Gasteiger partial charge on any atom is 0.345 e. The molecule has 5 rings (SSSR count). The second kappa shape index (κ2) is 11.9. The lowest BCUT2D eigenvalue weighted by Crippen LogP contribution is -2.57. The van der Waals surface area contributed by atoms with E-state index in [2.05, 4.69) is 62.1 Å². The molecule has 2 saturated heterocycles. The zero-order valence-corrected chi connectivity index (χ0v) is 23.6. The molecule has 0 aliphatic carbocycles. The topological polar surface area (TPSA) is 88.5 Å². The Kier molecular flexibility index (Phi) is 8.50. The van der Waals surface area contributed by atoms with Crippen molar-refractivity contribution < 1.29 is 29.2 Å². The van der Waals surface area contributed by atoms with Crippen molar-refractivity contribution in [2.45, 2.75) is 77.5 Å². The van der Waals surface area contributed by atoms with Crippen LogP contribution in [0.3, 0.4) is 0 Å². The molecule has 2 fully saturated rings. The molecule has 1 aromatic rings. The molecule has 0 unspecified atom stereocenters. The molecular formula is C32H43NO6. The Labute approximate surface area is 232 Å². The lowest BCUT2D eigenvalue weighted by atomic mass is 9.73. The van der Waals surface area contributed by atoms with E-state index in [1.807, 2.05) is 0 Å². The molecule has 6 atom stereocenters. The van der Waals surface area contributed by atoms with Crippen molar-refractivity contribution >= 4 is 5.97 Å². The number of rotatable bonds is 8. The number of cyclic esters (lactones) is 1. The van der Waals surface area contributed by atoms with Crippen LogP contribution in [-0.2, 0) is 25.4 Å². The van der Waals surface area contributed by atoms with Gasteiger partial charge in [-0.15, -0.1) is 0 Å². The summed E-state index contributed by atoms with van der Waals surface area (Å²) < 4.78 is 17.6. The van der Waals surface area contributed by atoms with Crippen molar-refractivity contribution in [1.29, 1.82) is 0 Å². The fourth-order valence-corrected chi connectivity index (χ4v) is 7.12. The first-order valence-corrected chi connectivity index (χ1v) is 14.5. The van der Waals surface area contributed by atoms with E-state index in [1.165, 1.54) is 12.7 Å². The number of hydrogen-bond donors (Lipinski definition) is 2. The van der Waals surface area contributed by atoms with Gasteiger partial charge in [0.2, 0.25) is 5.76 Å². The monoisotopic (exact) mass is 537 g/mol. The molecular weight excluding hydrogens is 494 g/mol. The van der Waals surface area contributed by atoms with Gasteiger partial charge in [0.05, 0.1) is 19.8 Å². The van der Waals surface area contributed by atoms with Crippen molar-refractivity contribution in [1.82, 2.24) is 4.90 Å². The van der Waals surface area contributed by atoms with Gasteiger partial charge in [-0.25, -0.2) is 4.79 Å². The van der Waals surface area contributed by atoms with Gasteiger partial charge in [-0.1, -0.05) is 51.1 Å². The number of aliphatic hydroxyl groups is 2. The number of aliphatic hydroxyl groups excluding tert-OH is 2. The number of ether oxygens (including phenoxy) is 3. The van der Waals surface area contributed by atoms with Crippen LogP contribution in [0.5, 0.6) is 0 Å². The summed E-state index contributed by atoms with van der Waals surface area (Å²) in [6.07, 6.45) is 7.42. The summed E-state index contributed by atoms with van der Waals surface area (Å²) in [6.45, 7) is 6.99. The predicted molar refractivity (Wildman–Crippen MR) is 148 cm³/mol. The summed E-state index contributed by atoms with van der Waals surface area (Å²) in [5.74, 6) is 2.45. The van der Waals surface area contributed by atoms with Crippen LogP contribution >= 0.6 is 0 Å². The molecule has 0 amide bonds. The minimum atomic E-state index is -0.593. The van der Waals surface area contributed by atoms with Crippen molar-refractivity contribution in [3.63, 3.8) is 0 Å². The Morgan fingerprint density at radius 2 is 1.90 bits per heavy atom. The predicted octanol–water partition coefficient (Wildman–Crippen LogP) is 4.71. The Balaban J connectivity index is 1.48. The third kappa shape index (κ3) is 5.54. The quantitative estimate of drug-likeness (QED) is 0.465. The van der Waals surface area contributed by atoms with Crippen LogP contribution in [0.15, 0.2) is 65.0 Å². The minimum absolute atomic E-state index is 0.0585. The van der Waals surface area contributed by atoms with Crippen LogP contribution < -0.4 is 0 Å². The first kappa shape index (κ1) is 27.9. The number of hydrogen-bond acceptors (Lipinski definition) is 7. The molecule has 1 aromatic carbocycles. The molecule has 7 nitrogen and oxygen atoms in total. The molecule has 0 aromatic heterocycles. The maximum absolute atomic E-state index is 12.4. The second-order valence-corrected chi connectivity index (χ2v) is 12.0. The summed E-state index contributed by atoms with van der Waals surface area (Å²) in [4.78, 5) is 15.0. The number of methoxy groups -OCH3 is 1. The molecule has 212 valence electrons. The Morgan fingerprint density at radius 3 is 2.59 bits per heavy atom. The molecule has 0 radical (unpaired) electrons. The summed E-state index contributed by atoms with van der Waals surface area (Å²) in [6, 6.07) is 10.9. The molecule has 0 spiro atoms. The first-order chi connectivity index (χ1) is 18.8. The van der Waals surface area contributed by atoms with Gasteiger partial charge in [0.15, 0.2) is 11.5 Å². The Morgan fingerprint density at radius 1 is 1.13 bits per heavy atom. The van der Waals surface area contributed by atoms with Crippen molar-refractivity contribution in [3.05, 3.63) is 70.6 Å². The number of nitrogens with zero attached hydrogens (tertiary/aromatic N) is 1. The van der Waals surface area contributed by atoms with E-state index in [9.17, 15) is 15.0 Å². The van der Waals surface area contributed by atoms with E-state index in [0.717, 1.165) is 50.8 Å². The zero-order valence-electron chi connectivity index (χ0n) is 23.6. The fourth-order valence-electron chi connectivity index (χ4n) is 7.12. The number of piperidine rings is 1. The van der Waals surface area contributed by atoms with Crippen molar-refractivity contribution in [3.8, 4) is 0 Å². The smallest absolute Gasteiger partial charge is 0.345 e. The highest BCUT2D eigenvalue weighted by molar-refractivity contribution is 5.94. The highest BCUT2D eigenvalue weighted by atomic mass is 16.6. The van der Waals surface area contributed by atoms with Gasteiger partial charge in [-0.05, 0) is 62.0 Å². The van der Waals surface area contributed by atoms with Gasteiger partial charge in [0, 0.05) is 30.5 Å². The van der Waals surface area contributed by atoms with Crippen LogP contribution in [0.1, 0.15) is 58.4 Å². The van der Waals surface area contributed by atoms with E-state index in [-0.39, 0.29) is 47.1 Å². The molecule has 2 N–H and O–H groups in total. The molecule has 4 aliphatic heterocycles. The fraction of sp³-hybridized carbons (Fsp3) is 0.594. The van der Waals surface area contributed by atoms with Gasteiger partial charge in [0.25, 0.3) is 0 Å². The van der Waals surface area contributed by atoms with Crippen LogP contribution in [0.25, 0.3) is 0 Å². The molecule has 0 saturated carbocycles. The van der Waals surface area contributed by atoms with Crippen molar-refractivity contribution in [2.75, 3.05) is 20.3 Å². The number of benzene rings is 1. The number of allylic oxidation sites excluding steroid dienone is 1. The summed E-state index contributed by atoms with van der Waals surface area (Å²) in [7, 11) is 1.48. The summed E-state index contributed by atoms with van der Waals surface area (Å²) >= 11 is 0. The molecule has 0 bridgehead atoms. The Hall–Kier alpha value is -2.61. The second-order valence-electron chi connectivity index (χ2n) is 12.0. The van der Waals surface area contributed by atoms with Crippen LogP contribution in [0, 0.1) is 23.7 Å². The lowest BCUT2D eigenvalue weighted by molar-refractivity contribution is -0.133. The van der Waals surface area contributed by atoms with Gasteiger partial charge in [-0.2, -0.15) is 0 Å². The van der Waals surface area contributed by atoms with Crippen LogP contribution in [0.2, 0.25) is 0 Å². The highest BCUT2D eigenvalue weighted by Crippen LogP contribution is 2.50. The third-order valence-electron chi connectivity index (χ3n) is 9.02. The molecule has 39 heavy (non-hydrogen) atoms. The Bertz CT molecular complexity index is 1140. The maximum atomic E-state index is 12.4. The zero-order chi connectivity index (χ0) is 27.7.